The fourth-order valence-electron chi connectivity index (χ4n) is 4.88. The predicted octanol–water partition coefficient (Wildman–Crippen LogP) is 5.40. The molecule has 0 saturated heterocycles. The highest BCUT2D eigenvalue weighted by Crippen LogP contribution is 2.42. The average molecular weight is 530 g/mol. The van der Waals surface area contributed by atoms with Crippen LogP contribution in [0.2, 0.25) is 0 Å². The molecule has 1 aliphatic rings. The zero-order valence-corrected chi connectivity index (χ0v) is 22.3. The minimum absolute atomic E-state index is 0.0907. The van der Waals surface area contributed by atoms with E-state index in [9.17, 15) is 9.90 Å². The van der Waals surface area contributed by atoms with Crippen molar-refractivity contribution in [2.45, 2.75) is 56.3 Å². The van der Waals surface area contributed by atoms with E-state index in [2.05, 4.69) is 11.9 Å². The van der Waals surface area contributed by atoms with E-state index in [1.165, 1.54) is 22.7 Å². The molecule has 36 heavy (non-hydrogen) atoms. The van der Waals surface area contributed by atoms with E-state index < -0.39 is 11.6 Å². The van der Waals surface area contributed by atoms with Gasteiger partial charge in [0.05, 0.1) is 22.5 Å². The molecule has 0 amide bonds. The number of aliphatic hydroxyl groups excluding tert-OH is 1. The Kier molecular flexibility index (Phi) is 9.56. The van der Waals surface area contributed by atoms with E-state index in [0.717, 1.165) is 59.7 Å². The van der Waals surface area contributed by atoms with Crippen LogP contribution in [-0.2, 0) is 21.6 Å². The molecule has 6 nitrogen and oxygen atoms in total. The second-order valence-electron chi connectivity index (χ2n) is 9.29. The van der Waals surface area contributed by atoms with Gasteiger partial charge in [0, 0.05) is 19.2 Å². The third kappa shape index (κ3) is 6.36. The molecule has 0 aliphatic heterocycles. The van der Waals surface area contributed by atoms with Gasteiger partial charge in [0.15, 0.2) is 0 Å². The molecule has 2 heterocycles. The van der Waals surface area contributed by atoms with Crippen LogP contribution >= 0.6 is 22.7 Å². The molecule has 8 heteroatoms. The van der Waals surface area contributed by atoms with Crippen molar-refractivity contribution in [2.75, 3.05) is 26.8 Å². The Balaban J connectivity index is 1.26. The van der Waals surface area contributed by atoms with E-state index in [1.54, 1.807) is 0 Å². The Labute approximate surface area is 221 Å². The van der Waals surface area contributed by atoms with Crippen LogP contribution in [0.1, 0.15) is 47.4 Å². The minimum atomic E-state index is -1.43. The minimum Gasteiger partial charge on any atom is -0.494 e. The van der Waals surface area contributed by atoms with E-state index in [1.807, 2.05) is 59.3 Å². The van der Waals surface area contributed by atoms with Crippen LogP contribution in [0.5, 0.6) is 5.75 Å². The number of carboxylic acids is 1. The number of thiophene rings is 2. The Bertz CT molecular complexity index is 1010. The highest BCUT2D eigenvalue weighted by Gasteiger charge is 2.48. The van der Waals surface area contributed by atoms with E-state index in [4.69, 9.17) is 14.6 Å². The van der Waals surface area contributed by atoms with Crippen LogP contribution in [0.4, 0.5) is 0 Å². The Morgan fingerprint density at radius 3 is 2.19 bits per heavy atom. The lowest BCUT2D eigenvalue weighted by atomic mass is 9.90. The maximum atomic E-state index is 12.6. The largest absolute Gasteiger partial charge is 0.494 e. The van der Waals surface area contributed by atoms with Crippen molar-refractivity contribution in [1.82, 2.24) is 4.90 Å². The first kappa shape index (κ1) is 26.8. The zero-order chi connectivity index (χ0) is 25.4. The summed E-state index contributed by atoms with van der Waals surface area (Å²) < 4.78 is 12.4. The third-order valence-electron chi connectivity index (χ3n) is 6.90. The van der Waals surface area contributed by atoms with Crippen LogP contribution in [0.25, 0.3) is 0 Å². The van der Waals surface area contributed by atoms with Crippen molar-refractivity contribution in [3.05, 3.63) is 74.6 Å². The number of carboxylic acid groups (broad SMARTS) is 1. The molecule has 0 spiro atoms. The Hall–Kier alpha value is -2.23. The second-order valence-corrected chi connectivity index (χ2v) is 11.2. The van der Waals surface area contributed by atoms with Gasteiger partial charge in [-0.1, -0.05) is 24.3 Å². The van der Waals surface area contributed by atoms with Crippen molar-refractivity contribution in [2.24, 2.45) is 0 Å². The van der Waals surface area contributed by atoms with Crippen molar-refractivity contribution in [3.8, 4) is 5.75 Å². The van der Waals surface area contributed by atoms with Crippen LogP contribution in [0.15, 0.2) is 59.3 Å². The van der Waals surface area contributed by atoms with Gasteiger partial charge in [-0.2, -0.15) is 0 Å². The molecule has 1 aliphatic carbocycles. The van der Waals surface area contributed by atoms with Gasteiger partial charge in [0.1, 0.15) is 5.75 Å². The molecule has 4 rings (SSSR count). The molecule has 194 valence electrons. The maximum Gasteiger partial charge on any atom is 0.347 e. The zero-order valence-electron chi connectivity index (χ0n) is 20.7. The summed E-state index contributed by atoms with van der Waals surface area (Å²) in [5.41, 5.74) is -0.324. The predicted molar refractivity (Wildman–Crippen MR) is 144 cm³/mol. The van der Waals surface area contributed by atoms with E-state index >= 15 is 0 Å². The molecule has 0 atom stereocenters. The summed E-state index contributed by atoms with van der Waals surface area (Å²) in [5, 5.41) is 23.2. The number of nitrogens with zero attached hydrogens (tertiary/aromatic N) is 1. The van der Waals surface area contributed by atoms with Gasteiger partial charge >= 0.3 is 5.97 Å². The fraction of sp³-hybridized carbons (Fsp3) is 0.464. The smallest absolute Gasteiger partial charge is 0.347 e. The number of hydrogen-bond acceptors (Lipinski definition) is 7. The first-order chi connectivity index (χ1) is 17.5. The van der Waals surface area contributed by atoms with Gasteiger partial charge in [0.25, 0.3) is 0 Å². The monoisotopic (exact) mass is 529 g/mol. The lowest BCUT2D eigenvalue weighted by Crippen LogP contribution is -2.44. The summed E-state index contributed by atoms with van der Waals surface area (Å²) in [4.78, 5) is 16.5. The lowest BCUT2D eigenvalue weighted by molar-refractivity contribution is -0.170. The van der Waals surface area contributed by atoms with Crippen LogP contribution in [-0.4, -0.2) is 60.0 Å². The van der Waals surface area contributed by atoms with Crippen LogP contribution < -0.4 is 4.74 Å². The Morgan fingerprint density at radius 1 is 1.03 bits per heavy atom. The molecular weight excluding hydrogens is 494 g/mol. The summed E-state index contributed by atoms with van der Waals surface area (Å²) in [7, 11) is 2.16. The third-order valence-corrected chi connectivity index (χ3v) is 8.84. The number of aliphatic carboxylic acids is 1. The molecule has 0 bridgehead atoms. The summed E-state index contributed by atoms with van der Waals surface area (Å²) in [6.45, 7) is 1.76. The normalized spacial score (nSPS) is 18.4. The van der Waals surface area contributed by atoms with Crippen molar-refractivity contribution >= 4 is 28.6 Å². The highest BCUT2D eigenvalue weighted by molar-refractivity contribution is 7.12. The van der Waals surface area contributed by atoms with Gasteiger partial charge in [-0.25, -0.2) is 4.79 Å². The SMILES string of the molecule is CN(CCCOc1ccc(CCO)cc1)[C@H]1CC[C@H](OC(C(=O)O)(c2cccs2)c2cccs2)CC1. The molecule has 2 N–H and O–H groups in total. The number of rotatable bonds is 13. The number of benzene rings is 1. The van der Waals surface area contributed by atoms with Gasteiger partial charge < -0.3 is 24.6 Å². The number of ether oxygens (including phenoxy) is 2. The summed E-state index contributed by atoms with van der Waals surface area (Å²) in [5.74, 6) is -0.0925. The van der Waals surface area contributed by atoms with Crippen LogP contribution in [0, 0.1) is 0 Å². The quantitative estimate of drug-likeness (QED) is 0.289. The highest BCUT2D eigenvalue weighted by atomic mass is 32.1. The van der Waals surface area contributed by atoms with Gasteiger partial charge in [0.2, 0.25) is 5.60 Å². The first-order valence-corrected chi connectivity index (χ1v) is 14.3. The standard InChI is InChI=1S/C28H35NO5S2/c1-29(16-4-18-33-23-11-7-21(8-12-23)15-17-30)22-9-13-24(14-10-22)34-28(27(31)32,25-5-2-19-35-25)26-6-3-20-36-26/h2-3,5-8,11-12,19-20,22,24,30H,4,9-10,13-18H2,1H3,(H,31,32)/t22-,24-. The second kappa shape index (κ2) is 12.8. The average Bonchev–Trinajstić information content (AvgIpc) is 3.62. The topological polar surface area (TPSA) is 79.2 Å². The van der Waals surface area contributed by atoms with Gasteiger partial charge in [-0.15, -0.1) is 22.7 Å². The molecule has 1 fully saturated rings. The van der Waals surface area contributed by atoms with Crippen molar-refractivity contribution in [1.29, 1.82) is 0 Å². The number of carbonyl (C=O) groups is 1. The van der Waals surface area contributed by atoms with Gasteiger partial charge in [-0.05, 0) is 86.2 Å². The molecule has 1 saturated carbocycles. The number of aliphatic hydroxyl groups is 1. The fourth-order valence-corrected chi connectivity index (χ4v) is 6.69. The van der Waals surface area contributed by atoms with Crippen molar-refractivity contribution < 1.29 is 24.5 Å². The molecule has 3 aromatic rings. The van der Waals surface area contributed by atoms with E-state index in [0.29, 0.717) is 19.1 Å². The molecular formula is C28H35NO5S2. The molecule has 0 radical (unpaired) electrons. The summed E-state index contributed by atoms with van der Waals surface area (Å²) >= 11 is 2.87. The Morgan fingerprint density at radius 2 is 1.67 bits per heavy atom. The first-order valence-electron chi connectivity index (χ1n) is 12.5. The van der Waals surface area contributed by atoms with Gasteiger partial charge in [-0.3, -0.25) is 0 Å². The summed E-state index contributed by atoms with van der Waals surface area (Å²) in [6.07, 6.45) is 5.17. The maximum absolute atomic E-state index is 12.6. The lowest BCUT2D eigenvalue weighted by Gasteiger charge is -2.38. The van der Waals surface area contributed by atoms with E-state index in [-0.39, 0.29) is 12.7 Å². The molecule has 2 aromatic heterocycles. The van der Waals surface area contributed by atoms with Crippen LogP contribution in [0.3, 0.4) is 0 Å². The number of hydrogen-bond donors (Lipinski definition) is 2. The van der Waals surface area contributed by atoms with Crippen molar-refractivity contribution in [3.63, 3.8) is 0 Å². The molecule has 0 unspecified atom stereocenters. The summed E-state index contributed by atoms with van der Waals surface area (Å²) in [6, 6.07) is 15.9. The molecule has 1 aromatic carbocycles.